The van der Waals surface area contributed by atoms with Gasteiger partial charge >= 0.3 is 0 Å². The average molecular weight is 281 g/mol. The van der Waals surface area contributed by atoms with Gasteiger partial charge in [-0.05, 0) is 32.5 Å². The second-order valence-corrected chi connectivity index (χ2v) is 5.80. The molecular weight excluding hydrogens is 258 g/mol. The maximum atomic E-state index is 5.58. The highest BCUT2D eigenvalue weighted by molar-refractivity contribution is 7.80. The van der Waals surface area contributed by atoms with E-state index in [0.29, 0.717) is 28.6 Å². The molecule has 1 rings (SSSR count). The molecule has 0 aromatic carbocycles. The van der Waals surface area contributed by atoms with Crippen molar-refractivity contribution < 1.29 is 0 Å². The summed E-state index contributed by atoms with van der Waals surface area (Å²) < 4.78 is 0. The van der Waals surface area contributed by atoms with Crippen LogP contribution in [0.2, 0.25) is 0 Å². The molecule has 5 nitrogen and oxygen atoms in total. The quantitative estimate of drug-likeness (QED) is 0.738. The summed E-state index contributed by atoms with van der Waals surface area (Å²) in [5, 5.41) is 3.36. The molecule has 0 aliphatic heterocycles. The largest absolute Gasteiger partial charge is 0.388 e. The Balaban J connectivity index is 2.77. The second kappa shape index (κ2) is 7.35. The lowest BCUT2D eigenvalue weighted by molar-refractivity contribution is 0.355. The van der Waals surface area contributed by atoms with Crippen LogP contribution in [0.15, 0.2) is 12.3 Å². The molecule has 0 aliphatic carbocycles. The van der Waals surface area contributed by atoms with E-state index in [1.807, 2.05) is 0 Å². The van der Waals surface area contributed by atoms with Gasteiger partial charge in [-0.15, -0.1) is 0 Å². The van der Waals surface area contributed by atoms with E-state index in [-0.39, 0.29) is 0 Å². The van der Waals surface area contributed by atoms with Crippen molar-refractivity contribution in [2.75, 3.05) is 26.0 Å². The molecule has 0 aliphatic rings. The Bertz CT molecular complexity index is 409. The molecule has 1 atom stereocenters. The van der Waals surface area contributed by atoms with Crippen LogP contribution in [0.5, 0.6) is 0 Å². The van der Waals surface area contributed by atoms with Gasteiger partial charge < -0.3 is 16.0 Å². The van der Waals surface area contributed by atoms with Gasteiger partial charge in [0.2, 0.25) is 5.95 Å². The molecule has 0 fully saturated rings. The van der Waals surface area contributed by atoms with Gasteiger partial charge in [0.25, 0.3) is 0 Å². The third-order valence-electron chi connectivity index (χ3n) is 2.58. The van der Waals surface area contributed by atoms with Gasteiger partial charge in [0.05, 0.1) is 0 Å². The zero-order valence-corrected chi connectivity index (χ0v) is 12.9. The topological polar surface area (TPSA) is 67.1 Å². The number of hydrogen-bond donors (Lipinski definition) is 2. The first-order valence-corrected chi connectivity index (χ1v) is 6.83. The number of likely N-dealkylation sites (N-methyl/N-ethyl adjacent to an activating group) is 1. The van der Waals surface area contributed by atoms with Gasteiger partial charge in [0.15, 0.2) is 0 Å². The zero-order valence-electron chi connectivity index (χ0n) is 12.1. The number of nitrogens with zero attached hydrogens (tertiary/aromatic N) is 3. The van der Waals surface area contributed by atoms with Crippen LogP contribution < -0.4 is 11.1 Å². The number of thiocarbonyl (C=S) groups is 1. The average Bonchev–Trinajstić information content (AvgIpc) is 2.27. The Kier molecular flexibility index (Phi) is 6.11. The molecule has 1 heterocycles. The summed E-state index contributed by atoms with van der Waals surface area (Å²) in [4.78, 5) is 11.0. The Morgan fingerprint density at radius 3 is 2.68 bits per heavy atom. The molecule has 0 bridgehead atoms. The summed E-state index contributed by atoms with van der Waals surface area (Å²) in [5.41, 5.74) is 6.18. The van der Waals surface area contributed by atoms with E-state index in [4.69, 9.17) is 18.0 Å². The zero-order chi connectivity index (χ0) is 14.4. The Hall–Kier alpha value is -1.27. The SMILES string of the molecule is CC(C)CC(CN(C)C)Nc1nccc(C(N)=S)n1. The molecular formula is C13H23N5S. The van der Waals surface area contributed by atoms with E-state index in [2.05, 4.69) is 48.1 Å². The first-order valence-electron chi connectivity index (χ1n) is 6.42. The van der Waals surface area contributed by atoms with E-state index in [0.717, 1.165) is 13.0 Å². The van der Waals surface area contributed by atoms with Gasteiger partial charge in [-0.1, -0.05) is 26.1 Å². The van der Waals surface area contributed by atoms with Crippen LogP contribution in [0.4, 0.5) is 5.95 Å². The van der Waals surface area contributed by atoms with Crippen LogP contribution >= 0.6 is 12.2 Å². The highest BCUT2D eigenvalue weighted by Gasteiger charge is 2.13. The van der Waals surface area contributed by atoms with Crippen LogP contribution in [0.1, 0.15) is 26.0 Å². The smallest absolute Gasteiger partial charge is 0.223 e. The van der Waals surface area contributed by atoms with Crippen molar-refractivity contribution in [3.63, 3.8) is 0 Å². The lowest BCUT2D eigenvalue weighted by Gasteiger charge is -2.24. The van der Waals surface area contributed by atoms with E-state index in [9.17, 15) is 0 Å². The molecule has 1 aromatic rings. The minimum Gasteiger partial charge on any atom is -0.388 e. The Morgan fingerprint density at radius 2 is 2.16 bits per heavy atom. The van der Waals surface area contributed by atoms with Gasteiger partial charge in [-0.2, -0.15) is 0 Å². The van der Waals surface area contributed by atoms with Gasteiger partial charge in [-0.25, -0.2) is 9.97 Å². The lowest BCUT2D eigenvalue weighted by Crippen LogP contribution is -2.34. The van der Waals surface area contributed by atoms with E-state index >= 15 is 0 Å². The molecule has 0 saturated heterocycles. The van der Waals surface area contributed by atoms with E-state index < -0.39 is 0 Å². The van der Waals surface area contributed by atoms with Crippen molar-refractivity contribution in [1.29, 1.82) is 0 Å². The summed E-state index contributed by atoms with van der Waals surface area (Å²) in [6.07, 6.45) is 2.73. The fourth-order valence-electron chi connectivity index (χ4n) is 1.94. The maximum absolute atomic E-state index is 5.58. The molecule has 1 unspecified atom stereocenters. The maximum Gasteiger partial charge on any atom is 0.223 e. The predicted molar refractivity (Wildman–Crippen MR) is 83.3 cm³/mol. The predicted octanol–water partition coefficient (Wildman–Crippen LogP) is 1.50. The summed E-state index contributed by atoms with van der Waals surface area (Å²) in [7, 11) is 4.11. The molecule has 6 heteroatoms. The third-order valence-corrected chi connectivity index (χ3v) is 2.79. The highest BCUT2D eigenvalue weighted by atomic mass is 32.1. The number of hydrogen-bond acceptors (Lipinski definition) is 5. The van der Waals surface area contributed by atoms with Gasteiger partial charge in [0, 0.05) is 18.8 Å². The first-order chi connectivity index (χ1) is 8.88. The Labute approximate surface area is 120 Å². The first kappa shape index (κ1) is 15.8. The van der Waals surface area contributed by atoms with Crippen molar-refractivity contribution in [2.45, 2.75) is 26.3 Å². The number of aromatic nitrogens is 2. The normalized spacial score (nSPS) is 12.7. The van der Waals surface area contributed by atoms with E-state index in [1.165, 1.54) is 0 Å². The second-order valence-electron chi connectivity index (χ2n) is 5.36. The number of nitrogens with two attached hydrogens (primary N) is 1. The summed E-state index contributed by atoms with van der Waals surface area (Å²) >= 11 is 4.93. The fourth-order valence-corrected chi connectivity index (χ4v) is 2.05. The van der Waals surface area contributed by atoms with Crippen LogP contribution in [-0.4, -0.2) is 46.5 Å². The van der Waals surface area contributed by atoms with Crippen LogP contribution in [-0.2, 0) is 0 Å². The molecule has 1 aromatic heterocycles. The molecule has 0 radical (unpaired) electrons. The number of rotatable bonds is 7. The fraction of sp³-hybridized carbons (Fsp3) is 0.615. The van der Waals surface area contributed by atoms with E-state index in [1.54, 1.807) is 12.3 Å². The van der Waals surface area contributed by atoms with Gasteiger partial charge in [0.1, 0.15) is 10.7 Å². The molecule has 3 N–H and O–H groups in total. The lowest BCUT2D eigenvalue weighted by atomic mass is 10.0. The van der Waals surface area contributed by atoms with Crippen LogP contribution in [0, 0.1) is 5.92 Å². The minimum atomic E-state index is 0.290. The summed E-state index contributed by atoms with van der Waals surface area (Å²) in [5.74, 6) is 1.19. The van der Waals surface area contributed by atoms with Crippen molar-refractivity contribution in [2.24, 2.45) is 11.7 Å². The van der Waals surface area contributed by atoms with Crippen molar-refractivity contribution in [3.05, 3.63) is 18.0 Å². The molecule has 0 amide bonds. The number of anilines is 1. The summed E-state index contributed by atoms with van der Waals surface area (Å²) in [6, 6.07) is 2.02. The van der Waals surface area contributed by atoms with Crippen LogP contribution in [0.25, 0.3) is 0 Å². The number of nitrogens with one attached hydrogen (secondary N) is 1. The molecule has 0 saturated carbocycles. The molecule has 0 spiro atoms. The van der Waals surface area contributed by atoms with Crippen molar-refractivity contribution >= 4 is 23.2 Å². The van der Waals surface area contributed by atoms with Crippen molar-refractivity contribution in [3.8, 4) is 0 Å². The third kappa shape index (κ3) is 5.94. The van der Waals surface area contributed by atoms with Crippen molar-refractivity contribution in [1.82, 2.24) is 14.9 Å². The molecule has 106 valence electrons. The standard InChI is InChI=1S/C13H23N5S/c1-9(2)7-10(8-18(3)4)16-13-15-6-5-11(17-13)12(14)19/h5-6,9-10H,7-8H2,1-4H3,(H2,14,19)(H,15,16,17). The van der Waals surface area contributed by atoms with Gasteiger partial charge in [-0.3, -0.25) is 0 Å². The highest BCUT2D eigenvalue weighted by Crippen LogP contribution is 2.10. The molecule has 19 heavy (non-hydrogen) atoms. The Morgan fingerprint density at radius 1 is 1.47 bits per heavy atom. The minimum absolute atomic E-state index is 0.290. The van der Waals surface area contributed by atoms with Crippen LogP contribution in [0.3, 0.4) is 0 Å². The summed E-state index contributed by atoms with van der Waals surface area (Å²) in [6.45, 7) is 5.34. The monoisotopic (exact) mass is 281 g/mol.